The molecule has 4 heteroatoms. The van der Waals surface area contributed by atoms with E-state index in [2.05, 4.69) is 29.4 Å². The fourth-order valence-electron chi connectivity index (χ4n) is 3.02. The lowest BCUT2D eigenvalue weighted by atomic mass is 10.0. The Morgan fingerprint density at radius 1 is 0.923 bits per heavy atom. The number of nitrogens with zero attached hydrogens (tertiary/aromatic N) is 3. The topological polar surface area (TPSA) is 39.4 Å². The SMILES string of the molecule is COc1cc2nn(C)cc2cc1N=C(c1ccccc1)c1ccccc1. The van der Waals surface area contributed by atoms with E-state index in [4.69, 9.17) is 9.73 Å². The standard InChI is InChI=1S/C22H19N3O/c1-25-15-18-13-20(21(26-2)14-19(18)24-25)23-22(16-9-5-3-6-10-16)17-11-7-4-8-12-17/h3-15H,1-2H3. The molecule has 4 nitrogen and oxygen atoms in total. The highest BCUT2D eigenvalue weighted by atomic mass is 16.5. The van der Waals surface area contributed by atoms with E-state index in [0.29, 0.717) is 5.75 Å². The second-order valence-electron chi connectivity index (χ2n) is 6.08. The zero-order chi connectivity index (χ0) is 17.9. The van der Waals surface area contributed by atoms with Gasteiger partial charge < -0.3 is 4.74 Å². The number of hydrogen-bond donors (Lipinski definition) is 0. The fraction of sp³-hybridized carbons (Fsp3) is 0.0909. The summed E-state index contributed by atoms with van der Waals surface area (Å²) in [5.41, 5.74) is 4.71. The van der Waals surface area contributed by atoms with Crippen molar-refractivity contribution < 1.29 is 4.74 Å². The van der Waals surface area contributed by atoms with Crippen molar-refractivity contribution in [3.8, 4) is 5.75 Å². The molecule has 0 atom stereocenters. The van der Waals surface area contributed by atoms with Crippen LogP contribution < -0.4 is 4.74 Å². The number of aryl methyl sites for hydroxylation is 1. The first-order valence-electron chi connectivity index (χ1n) is 8.45. The number of aliphatic imine (C=N–C) groups is 1. The summed E-state index contributed by atoms with van der Waals surface area (Å²) in [7, 11) is 3.57. The number of aromatic nitrogens is 2. The molecule has 0 aliphatic heterocycles. The fourth-order valence-corrected chi connectivity index (χ4v) is 3.02. The molecule has 0 bridgehead atoms. The second kappa shape index (κ2) is 6.84. The minimum atomic E-state index is 0.709. The number of benzene rings is 3. The molecule has 26 heavy (non-hydrogen) atoms. The predicted molar refractivity (Wildman–Crippen MR) is 105 cm³/mol. The van der Waals surface area contributed by atoms with Crippen molar-refractivity contribution in [3.05, 3.63) is 90.1 Å². The van der Waals surface area contributed by atoms with E-state index in [9.17, 15) is 0 Å². The number of fused-ring (bicyclic) bond motifs is 1. The Morgan fingerprint density at radius 3 is 2.12 bits per heavy atom. The molecular formula is C22H19N3O. The molecule has 1 heterocycles. The van der Waals surface area contributed by atoms with E-state index in [1.165, 1.54) is 0 Å². The van der Waals surface area contributed by atoms with Crippen LogP contribution in [0, 0.1) is 0 Å². The highest BCUT2D eigenvalue weighted by Crippen LogP contribution is 2.33. The summed E-state index contributed by atoms with van der Waals surface area (Å²) >= 11 is 0. The minimum absolute atomic E-state index is 0.709. The van der Waals surface area contributed by atoms with Crippen LogP contribution in [0.1, 0.15) is 11.1 Å². The third-order valence-corrected chi connectivity index (χ3v) is 4.25. The third-order valence-electron chi connectivity index (χ3n) is 4.25. The molecule has 0 unspecified atom stereocenters. The molecule has 0 fully saturated rings. The smallest absolute Gasteiger partial charge is 0.146 e. The molecule has 0 saturated carbocycles. The van der Waals surface area contributed by atoms with Gasteiger partial charge in [0.15, 0.2) is 0 Å². The zero-order valence-corrected chi connectivity index (χ0v) is 14.8. The summed E-state index contributed by atoms with van der Waals surface area (Å²) in [4.78, 5) is 4.98. The molecule has 0 N–H and O–H groups in total. The Morgan fingerprint density at radius 2 is 1.54 bits per heavy atom. The lowest BCUT2D eigenvalue weighted by Crippen LogP contribution is -2.02. The second-order valence-corrected chi connectivity index (χ2v) is 6.08. The van der Waals surface area contributed by atoms with Gasteiger partial charge in [0.05, 0.1) is 18.3 Å². The van der Waals surface area contributed by atoms with Crippen molar-refractivity contribution >= 4 is 22.3 Å². The zero-order valence-electron chi connectivity index (χ0n) is 14.8. The van der Waals surface area contributed by atoms with Crippen molar-refractivity contribution in [1.29, 1.82) is 0 Å². The molecule has 0 spiro atoms. The molecular weight excluding hydrogens is 322 g/mol. The molecule has 3 aromatic carbocycles. The number of ether oxygens (including phenoxy) is 1. The summed E-state index contributed by atoms with van der Waals surface area (Å²) in [5.74, 6) is 0.709. The third kappa shape index (κ3) is 3.09. The van der Waals surface area contributed by atoms with Crippen molar-refractivity contribution in [1.82, 2.24) is 9.78 Å². The van der Waals surface area contributed by atoms with E-state index in [1.54, 1.807) is 11.8 Å². The molecule has 4 aromatic rings. The summed E-state index contributed by atoms with van der Waals surface area (Å²) in [6.45, 7) is 0. The van der Waals surface area contributed by atoms with Crippen molar-refractivity contribution in [2.24, 2.45) is 12.0 Å². The van der Waals surface area contributed by atoms with Crippen LogP contribution >= 0.6 is 0 Å². The van der Waals surface area contributed by atoms with Crippen LogP contribution in [0.15, 0.2) is 84.0 Å². The predicted octanol–water partition coefficient (Wildman–Crippen LogP) is 4.75. The monoisotopic (exact) mass is 341 g/mol. The van der Waals surface area contributed by atoms with Gasteiger partial charge >= 0.3 is 0 Å². The first-order valence-corrected chi connectivity index (χ1v) is 8.45. The van der Waals surface area contributed by atoms with Crippen molar-refractivity contribution in [2.45, 2.75) is 0 Å². The van der Waals surface area contributed by atoms with Crippen LogP contribution in [0.4, 0.5) is 5.69 Å². The lowest BCUT2D eigenvalue weighted by Gasteiger charge is -2.10. The summed E-state index contributed by atoms with van der Waals surface area (Å²) in [6.07, 6.45) is 1.98. The first kappa shape index (κ1) is 16.1. The highest BCUT2D eigenvalue weighted by molar-refractivity contribution is 6.14. The quantitative estimate of drug-likeness (QED) is 0.502. The first-order chi connectivity index (χ1) is 12.7. The van der Waals surface area contributed by atoms with Gasteiger partial charge in [-0.2, -0.15) is 5.10 Å². The van der Waals surface area contributed by atoms with Gasteiger partial charge in [-0.3, -0.25) is 4.68 Å². The Labute approximate surface area is 152 Å². The Kier molecular flexibility index (Phi) is 4.23. The molecule has 0 radical (unpaired) electrons. The molecule has 0 saturated heterocycles. The molecule has 0 amide bonds. The molecule has 0 aliphatic rings. The minimum Gasteiger partial charge on any atom is -0.494 e. The summed E-state index contributed by atoms with van der Waals surface area (Å²) in [5, 5.41) is 5.48. The molecule has 1 aromatic heterocycles. The van der Waals surface area contributed by atoms with Crippen LogP contribution in [0.5, 0.6) is 5.75 Å². The van der Waals surface area contributed by atoms with Crippen LogP contribution in [0.2, 0.25) is 0 Å². The van der Waals surface area contributed by atoms with E-state index in [0.717, 1.165) is 33.4 Å². The number of rotatable bonds is 4. The largest absolute Gasteiger partial charge is 0.494 e. The van der Waals surface area contributed by atoms with E-state index < -0.39 is 0 Å². The van der Waals surface area contributed by atoms with Gasteiger partial charge in [0.1, 0.15) is 11.4 Å². The van der Waals surface area contributed by atoms with Crippen molar-refractivity contribution in [2.75, 3.05) is 7.11 Å². The Bertz CT molecular complexity index is 1030. The number of methoxy groups -OCH3 is 1. The maximum absolute atomic E-state index is 5.58. The highest BCUT2D eigenvalue weighted by Gasteiger charge is 2.11. The lowest BCUT2D eigenvalue weighted by molar-refractivity contribution is 0.416. The maximum Gasteiger partial charge on any atom is 0.146 e. The van der Waals surface area contributed by atoms with Crippen LogP contribution in [0.3, 0.4) is 0 Å². The average Bonchev–Trinajstić information content (AvgIpc) is 3.05. The van der Waals surface area contributed by atoms with Gasteiger partial charge in [-0.1, -0.05) is 60.7 Å². The van der Waals surface area contributed by atoms with Crippen LogP contribution in [-0.2, 0) is 7.05 Å². The maximum atomic E-state index is 5.58. The van der Waals surface area contributed by atoms with Gasteiger partial charge in [-0.15, -0.1) is 0 Å². The van der Waals surface area contributed by atoms with Gasteiger partial charge in [-0.25, -0.2) is 4.99 Å². The van der Waals surface area contributed by atoms with E-state index >= 15 is 0 Å². The van der Waals surface area contributed by atoms with Gasteiger partial charge in [-0.05, 0) is 6.07 Å². The van der Waals surface area contributed by atoms with Gasteiger partial charge in [0.25, 0.3) is 0 Å². The molecule has 0 aliphatic carbocycles. The normalized spacial score (nSPS) is 10.7. The number of hydrogen-bond acceptors (Lipinski definition) is 3. The van der Waals surface area contributed by atoms with Gasteiger partial charge in [0.2, 0.25) is 0 Å². The molecule has 128 valence electrons. The van der Waals surface area contributed by atoms with Crippen LogP contribution in [-0.4, -0.2) is 22.6 Å². The van der Waals surface area contributed by atoms with E-state index in [-0.39, 0.29) is 0 Å². The van der Waals surface area contributed by atoms with E-state index in [1.807, 2.05) is 61.8 Å². The van der Waals surface area contributed by atoms with Gasteiger partial charge in [0, 0.05) is 35.8 Å². The summed E-state index contributed by atoms with van der Waals surface area (Å²) in [6, 6.07) is 24.3. The average molecular weight is 341 g/mol. The Balaban J connectivity index is 1.93. The summed E-state index contributed by atoms with van der Waals surface area (Å²) < 4.78 is 7.38. The van der Waals surface area contributed by atoms with Crippen LogP contribution in [0.25, 0.3) is 10.9 Å². The Hall–Kier alpha value is -3.40. The van der Waals surface area contributed by atoms with Crippen molar-refractivity contribution in [3.63, 3.8) is 0 Å². The molecule has 4 rings (SSSR count).